The molecule has 0 aliphatic carbocycles. The number of hydrogen-bond donors (Lipinski definition) is 2. The van der Waals surface area contributed by atoms with Gasteiger partial charge < -0.3 is 10.6 Å². The maximum atomic E-state index is 5.88. The number of hydrogen-bond acceptors (Lipinski definition) is 4. The van der Waals surface area contributed by atoms with E-state index in [9.17, 15) is 0 Å². The Balaban J connectivity index is 2.25. The highest BCUT2D eigenvalue weighted by molar-refractivity contribution is 5.70. The molecule has 0 fully saturated rings. The van der Waals surface area contributed by atoms with Gasteiger partial charge in [0.2, 0.25) is 0 Å². The third-order valence-electron chi connectivity index (χ3n) is 2.35. The summed E-state index contributed by atoms with van der Waals surface area (Å²) in [6.07, 6.45) is 0. The van der Waals surface area contributed by atoms with Gasteiger partial charge in [-0.25, -0.2) is 0 Å². The zero-order valence-corrected chi connectivity index (χ0v) is 9.51. The lowest BCUT2D eigenvalue weighted by atomic mass is 10.1. The minimum atomic E-state index is 0.534. The summed E-state index contributed by atoms with van der Waals surface area (Å²) in [6.45, 7) is 0. The Kier molecular flexibility index (Phi) is 3.59. The molecular weight excluding hydrogens is 216 g/mol. The van der Waals surface area contributed by atoms with Crippen LogP contribution >= 0.6 is 0 Å². The topological polar surface area (TPSA) is 56.5 Å². The molecule has 17 heavy (non-hydrogen) atoms. The van der Waals surface area contributed by atoms with Crippen molar-refractivity contribution >= 4 is 5.69 Å². The van der Waals surface area contributed by atoms with Crippen LogP contribution in [0.15, 0.2) is 48.5 Å². The molecule has 0 heterocycles. The van der Waals surface area contributed by atoms with Gasteiger partial charge >= 0.3 is 0 Å². The fraction of sp³-hybridized carbons (Fsp3) is 0.0769. The number of nitrogens with two attached hydrogens (primary N) is 1. The smallest absolute Gasteiger partial charge is 0.173 e. The molecule has 4 heteroatoms. The third-order valence-corrected chi connectivity index (χ3v) is 2.35. The van der Waals surface area contributed by atoms with E-state index in [1.165, 1.54) is 7.11 Å². The van der Waals surface area contributed by atoms with Crippen LogP contribution in [0, 0.1) is 0 Å². The van der Waals surface area contributed by atoms with Gasteiger partial charge in [0.15, 0.2) is 5.75 Å². The Morgan fingerprint density at radius 2 is 1.76 bits per heavy atom. The number of rotatable bonds is 4. The van der Waals surface area contributed by atoms with E-state index in [4.69, 9.17) is 10.6 Å². The summed E-state index contributed by atoms with van der Waals surface area (Å²) in [5.74, 6) is 0.534. The van der Waals surface area contributed by atoms with Crippen molar-refractivity contribution in [1.82, 2.24) is 5.64 Å². The van der Waals surface area contributed by atoms with Gasteiger partial charge in [0.25, 0.3) is 0 Å². The zero-order chi connectivity index (χ0) is 12.1. The van der Waals surface area contributed by atoms with Crippen molar-refractivity contribution in [3.8, 4) is 16.9 Å². The molecule has 0 amide bonds. The van der Waals surface area contributed by atoms with Gasteiger partial charge in [-0.2, -0.15) is 0 Å². The van der Waals surface area contributed by atoms with Crippen LogP contribution in [0.5, 0.6) is 5.75 Å². The molecule has 3 N–H and O–H groups in total. The van der Waals surface area contributed by atoms with Gasteiger partial charge in [0.1, 0.15) is 0 Å². The quantitative estimate of drug-likeness (QED) is 0.625. The SMILES string of the molecule is CONOc1ccc(-c2ccccc2)cc1N. The zero-order valence-electron chi connectivity index (χ0n) is 9.51. The molecule has 0 saturated carbocycles. The maximum absolute atomic E-state index is 5.88. The van der Waals surface area contributed by atoms with Crippen LogP contribution < -0.4 is 16.2 Å². The maximum Gasteiger partial charge on any atom is 0.173 e. The number of nitrogen functional groups attached to an aromatic ring is 1. The fourth-order valence-electron chi connectivity index (χ4n) is 1.54. The predicted molar refractivity (Wildman–Crippen MR) is 67.1 cm³/mol. The average molecular weight is 230 g/mol. The summed E-state index contributed by atoms with van der Waals surface area (Å²) >= 11 is 0. The first-order valence-electron chi connectivity index (χ1n) is 5.21. The fourth-order valence-corrected chi connectivity index (χ4v) is 1.54. The van der Waals surface area contributed by atoms with Crippen molar-refractivity contribution in [2.24, 2.45) is 0 Å². The largest absolute Gasteiger partial charge is 0.396 e. The summed E-state index contributed by atoms with van der Waals surface area (Å²) in [4.78, 5) is 9.67. The molecule has 0 aliphatic heterocycles. The lowest BCUT2D eigenvalue weighted by Crippen LogP contribution is -2.17. The second kappa shape index (κ2) is 5.34. The highest BCUT2D eigenvalue weighted by atomic mass is 16.9. The molecule has 2 aromatic carbocycles. The van der Waals surface area contributed by atoms with Crippen LogP contribution in [0.4, 0.5) is 5.69 Å². The molecule has 0 radical (unpaired) electrons. The van der Waals surface area contributed by atoms with Gasteiger partial charge in [0.05, 0.1) is 12.8 Å². The first-order valence-corrected chi connectivity index (χ1v) is 5.21. The molecular formula is C13H14N2O2. The van der Waals surface area contributed by atoms with Gasteiger partial charge in [-0.1, -0.05) is 36.4 Å². The van der Waals surface area contributed by atoms with E-state index in [1.54, 1.807) is 6.07 Å². The van der Waals surface area contributed by atoms with Crippen LogP contribution in [0.25, 0.3) is 11.1 Å². The molecule has 88 valence electrons. The van der Waals surface area contributed by atoms with Crippen molar-refractivity contribution in [2.75, 3.05) is 12.8 Å². The molecule has 0 aromatic heterocycles. The summed E-state index contributed by atoms with van der Waals surface area (Å²) in [5, 5.41) is 0. The number of anilines is 1. The number of nitrogens with one attached hydrogen (secondary N) is 1. The molecule has 2 aromatic rings. The van der Waals surface area contributed by atoms with Gasteiger partial charge in [0, 0.05) is 0 Å². The van der Waals surface area contributed by atoms with Gasteiger partial charge in [-0.15, -0.1) is 0 Å². The molecule has 0 bridgehead atoms. The Bertz CT molecular complexity index is 486. The lowest BCUT2D eigenvalue weighted by Gasteiger charge is -2.09. The van der Waals surface area contributed by atoms with Crippen LogP contribution in [0.1, 0.15) is 0 Å². The summed E-state index contributed by atoms with van der Waals surface area (Å²) in [7, 11) is 1.47. The first-order chi connectivity index (χ1) is 8.31. The first kappa shape index (κ1) is 11.4. The Morgan fingerprint density at radius 3 is 2.41 bits per heavy atom. The second-order valence-corrected chi connectivity index (χ2v) is 3.51. The molecule has 4 nitrogen and oxygen atoms in total. The van der Waals surface area contributed by atoms with E-state index in [0.717, 1.165) is 11.1 Å². The van der Waals surface area contributed by atoms with E-state index < -0.39 is 0 Å². The minimum Gasteiger partial charge on any atom is -0.396 e. The minimum absolute atomic E-state index is 0.534. The van der Waals surface area contributed by atoms with E-state index in [0.29, 0.717) is 11.4 Å². The van der Waals surface area contributed by atoms with Crippen molar-refractivity contribution in [2.45, 2.75) is 0 Å². The Labute approximate surface area is 99.9 Å². The summed E-state index contributed by atoms with van der Waals surface area (Å²) < 4.78 is 0. The molecule has 0 atom stereocenters. The monoisotopic (exact) mass is 230 g/mol. The van der Waals surface area contributed by atoms with Crippen molar-refractivity contribution < 1.29 is 9.68 Å². The van der Waals surface area contributed by atoms with Crippen LogP contribution in [-0.2, 0) is 4.84 Å². The van der Waals surface area contributed by atoms with E-state index >= 15 is 0 Å². The predicted octanol–water partition coefficient (Wildman–Crippen LogP) is 2.38. The third kappa shape index (κ3) is 2.75. The lowest BCUT2D eigenvalue weighted by molar-refractivity contribution is -0.0791. The van der Waals surface area contributed by atoms with Crippen molar-refractivity contribution in [1.29, 1.82) is 0 Å². The highest BCUT2D eigenvalue weighted by Gasteiger charge is 2.03. The molecule has 0 saturated heterocycles. The van der Waals surface area contributed by atoms with E-state index in [-0.39, 0.29) is 0 Å². The van der Waals surface area contributed by atoms with E-state index in [2.05, 4.69) is 10.5 Å². The summed E-state index contributed by atoms with van der Waals surface area (Å²) in [6, 6.07) is 15.6. The van der Waals surface area contributed by atoms with E-state index in [1.807, 2.05) is 42.5 Å². The van der Waals surface area contributed by atoms with Crippen LogP contribution in [0.3, 0.4) is 0 Å². The standard InChI is InChI=1S/C13H14N2O2/c1-16-15-17-13-8-7-11(9-12(13)14)10-5-3-2-4-6-10/h2-9,15H,14H2,1H3. The van der Waals surface area contributed by atoms with Gasteiger partial charge in [-0.3, -0.25) is 4.84 Å². The van der Waals surface area contributed by atoms with Crippen molar-refractivity contribution in [3.05, 3.63) is 48.5 Å². The summed E-state index contributed by atoms with van der Waals surface area (Å²) in [5.41, 5.74) is 10.9. The van der Waals surface area contributed by atoms with Crippen LogP contribution in [-0.4, -0.2) is 7.11 Å². The molecule has 0 unspecified atom stereocenters. The van der Waals surface area contributed by atoms with Gasteiger partial charge in [-0.05, 0) is 28.9 Å². The van der Waals surface area contributed by atoms with Crippen molar-refractivity contribution in [3.63, 3.8) is 0 Å². The Morgan fingerprint density at radius 1 is 1.00 bits per heavy atom. The molecule has 2 rings (SSSR count). The van der Waals surface area contributed by atoms with Crippen LogP contribution in [0.2, 0.25) is 0 Å². The Hall–Kier alpha value is -2.04. The second-order valence-electron chi connectivity index (χ2n) is 3.51. The average Bonchev–Trinajstić information content (AvgIpc) is 2.38. The molecule has 0 spiro atoms. The molecule has 0 aliphatic rings. The normalized spacial score (nSPS) is 10.2. The number of benzene rings is 2. The highest BCUT2D eigenvalue weighted by Crippen LogP contribution is 2.27.